The summed E-state index contributed by atoms with van der Waals surface area (Å²) in [7, 11) is 0. The molecule has 0 radical (unpaired) electrons. The van der Waals surface area contributed by atoms with Gasteiger partial charge in [-0.3, -0.25) is 9.59 Å². The van der Waals surface area contributed by atoms with Crippen LogP contribution in [0.3, 0.4) is 0 Å². The minimum absolute atomic E-state index is 0.236. The Labute approximate surface area is 135 Å². The molecule has 1 N–H and O–H groups in total. The van der Waals surface area contributed by atoms with Crippen LogP contribution in [-0.2, 0) is 25.2 Å². The van der Waals surface area contributed by atoms with E-state index >= 15 is 0 Å². The lowest BCUT2D eigenvalue weighted by atomic mass is 10.0. The topological polar surface area (TPSA) is 72.8 Å². The summed E-state index contributed by atoms with van der Waals surface area (Å²) in [5, 5.41) is 9.10. The summed E-state index contributed by atoms with van der Waals surface area (Å²) in [5.41, 5.74) is -1.79. The molecule has 24 heavy (non-hydrogen) atoms. The Hall–Kier alpha value is -2.09. The fraction of sp³-hybridized carbons (Fsp3) is 0.500. The summed E-state index contributed by atoms with van der Waals surface area (Å²) in [6.45, 7) is 0.281. The Morgan fingerprint density at radius 3 is 2.33 bits per heavy atom. The highest BCUT2D eigenvalue weighted by molar-refractivity contribution is 6.02. The highest BCUT2D eigenvalue weighted by Gasteiger charge is 2.59. The third kappa shape index (κ3) is 2.98. The molecule has 1 heterocycles. The number of hydrogen-bond donors (Lipinski definition) is 1. The molecule has 1 saturated heterocycles. The van der Waals surface area contributed by atoms with E-state index in [0.29, 0.717) is 12.0 Å². The molecule has 1 aromatic carbocycles. The number of benzene rings is 1. The van der Waals surface area contributed by atoms with E-state index in [0.717, 1.165) is 12.1 Å². The molecular formula is C16H15F3O5. The van der Waals surface area contributed by atoms with E-state index in [2.05, 4.69) is 0 Å². The summed E-state index contributed by atoms with van der Waals surface area (Å²) >= 11 is 0. The van der Waals surface area contributed by atoms with E-state index in [1.807, 2.05) is 0 Å². The lowest BCUT2D eigenvalue weighted by molar-refractivity contribution is -0.166. The molecule has 130 valence electrons. The zero-order valence-corrected chi connectivity index (χ0v) is 12.5. The molecule has 5 nitrogen and oxygen atoms in total. The highest BCUT2D eigenvalue weighted by atomic mass is 19.4. The average molecular weight is 344 g/mol. The first-order valence-corrected chi connectivity index (χ1v) is 7.47. The number of aliphatic carboxylic acids is 1. The van der Waals surface area contributed by atoms with Crippen molar-refractivity contribution in [1.29, 1.82) is 0 Å². The molecule has 3 rings (SSSR count). The normalized spacial score (nSPS) is 25.3. The van der Waals surface area contributed by atoms with E-state index in [4.69, 9.17) is 14.6 Å². The van der Waals surface area contributed by atoms with Gasteiger partial charge in [-0.05, 0) is 30.5 Å². The average Bonchev–Trinajstić information content (AvgIpc) is 3.22. The summed E-state index contributed by atoms with van der Waals surface area (Å²) in [6, 6.07) is 4.44. The van der Waals surface area contributed by atoms with Gasteiger partial charge in [0.05, 0.1) is 12.2 Å². The van der Waals surface area contributed by atoms with Gasteiger partial charge in [-0.15, -0.1) is 0 Å². The SMILES string of the molecule is O=C(O)C1(C(=O)O[C@H]2CCO[C@@H]2c2ccc(C(F)(F)F)cc2)CC1. The van der Waals surface area contributed by atoms with Crippen molar-refractivity contribution in [2.75, 3.05) is 6.61 Å². The number of carbonyl (C=O) groups is 2. The van der Waals surface area contributed by atoms with E-state index in [1.54, 1.807) is 0 Å². The number of ether oxygens (including phenoxy) is 2. The fourth-order valence-corrected chi connectivity index (χ4v) is 2.74. The van der Waals surface area contributed by atoms with Gasteiger partial charge in [0, 0.05) is 6.42 Å². The van der Waals surface area contributed by atoms with Gasteiger partial charge in [0.25, 0.3) is 0 Å². The van der Waals surface area contributed by atoms with Crippen molar-refractivity contribution in [1.82, 2.24) is 0 Å². The number of halogens is 3. The van der Waals surface area contributed by atoms with Crippen LogP contribution in [0.15, 0.2) is 24.3 Å². The van der Waals surface area contributed by atoms with Gasteiger partial charge >= 0.3 is 18.1 Å². The van der Waals surface area contributed by atoms with E-state index in [-0.39, 0.29) is 19.4 Å². The molecule has 0 amide bonds. The number of alkyl halides is 3. The van der Waals surface area contributed by atoms with Crippen LogP contribution < -0.4 is 0 Å². The van der Waals surface area contributed by atoms with E-state index in [1.165, 1.54) is 12.1 Å². The van der Waals surface area contributed by atoms with Crippen molar-refractivity contribution >= 4 is 11.9 Å². The molecule has 1 aliphatic heterocycles. The first kappa shape index (κ1) is 16.8. The monoisotopic (exact) mass is 344 g/mol. The molecule has 1 aromatic rings. The summed E-state index contributed by atoms with van der Waals surface area (Å²) in [4.78, 5) is 23.2. The number of carbonyl (C=O) groups excluding carboxylic acids is 1. The maximum absolute atomic E-state index is 12.6. The van der Waals surface area contributed by atoms with Crippen LogP contribution in [0.4, 0.5) is 13.2 Å². The third-order valence-corrected chi connectivity index (χ3v) is 4.41. The maximum atomic E-state index is 12.6. The predicted molar refractivity (Wildman–Crippen MR) is 73.9 cm³/mol. The zero-order valence-electron chi connectivity index (χ0n) is 12.5. The first-order valence-electron chi connectivity index (χ1n) is 7.47. The Kier molecular flexibility index (Phi) is 4.03. The molecule has 0 aromatic heterocycles. The number of esters is 1. The van der Waals surface area contributed by atoms with Crippen LogP contribution in [0.25, 0.3) is 0 Å². The minimum Gasteiger partial charge on any atom is -0.480 e. The molecule has 8 heteroatoms. The van der Waals surface area contributed by atoms with Gasteiger partial charge in [0.1, 0.15) is 12.2 Å². The minimum atomic E-state index is -4.43. The standard InChI is InChI=1S/C16H15F3O5/c17-16(18,19)10-3-1-9(2-4-10)12-11(5-8-23-12)24-14(22)15(6-7-15)13(20)21/h1-4,11-12H,5-8H2,(H,20,21)/t11-,12+/m0/s1. The van der Waals surface area contributed by atoms with Crippen LogP contribution in [0, 0.1) is 5.41 Å². The Morgan fingerprint density at radius 2 is 1.83 bits per heavy atom. The molecule has 1 aliphatic carbocycles. The highest BCUT2D eigenvalue weighted by Crippen LogP contribution is 2.48. The molecule has 2 aliphatic rings. The molecule has 0 bridgehead atoms. The fourth-order valence-electron chi connectivity index (χ4n) is 2.74. The molecule has 0 unspecified atom stereocenters. The lowest BCUT2D eigenvalue weighted by Crippen LogP contribution is -2.32. The predicted octanol–water partition coefficient (Wildman–Crippen LogP) is 2.94. The first-order chi connectivity index (χ1) is 11.2. The second-order valence-electron chi connectivity index (χ2n) is 6.03. The van der Waals surface area contributed by atoms with Gasteiger partial charge < -0.3 is 14.6 Å². The summed E-state index contributed by atoms with van der Waals surface area (Å²) in [5.74, 6) is -2.01. The Bertz CT molecular complexity index is 649. The van der Waals surface area contributed by atoms with Crippen molar-refractivity contribution in [3.63, 3.8) is 0 Å². The molecule has 1 saturated carbocycles. The Balaban J connectivity index is 1.72. The van der Waals surface area contributed by atoms with Crippen molar-refractivity contribution < 1.29 is 37.3 Å². The van der Waals surface area contributed by atoms with Crippen molar-refractivity contribution in [3.05, 3.63) is 35.4 Å². The molecule has 0 spiro atoms. The van der Waals surface area contributed by atoms with Crippen molar-refractivity contribution in [2.45, 2.75) is 37.6 Å². The van der Waals surface area contributed by atoms with Crippen molar-refractivity contribution in [2.24, 2.45) is 5.41 Å². The number of hydrogen-bond acceptors (Lipinski definition) is 4. The van der Waals surface area contributed by atoms with E-state index < -0.39 is 41.3 Å². The van der Waals surface area contributed by atoms with Gasteiger partial charge in [-0.1, -0.05) is 12.1 Å². The third-order valence-electron chi connectivity index (χ3n) is 4.41. The second-order valence-corrected chi connectivity index (χ2v) is 6.03. The number of carboxylic acids is 1. The summed E-state index contributed by atoms with van der Waals surface area (Å²) < 4.78 is 48.6. The maximum Gasteiger partial charge on any atom is 0.416 e. The van der Waals surface area contributed by atoms with Gasteiger partial charge in [-0.25, -0.2) is 0 Å². The lowest BCUT2D eigenvalue weighted by Gasteiger charge is -2.21. The van der Waals surface area contributed by atoms with Crippen LogP contribution in [0.1, 0.15) is 36.5 Å². The quantitative estimate of drug-likeness (QED) is 0.672. The number of rotatable bonds is 4. The molecule has 2 atom stereocenters. The van der Waals surface area contributed by atoms with Crippen LogP contribution in [0.2, 0.25) is 0 Å². The van der Waals surface area contributed by atoms with Crippen molar-refractivity contribution in [3.8, 4) is 0 Å². The zero-order chi connectivity index (χ0) is 17.5. The molecular weight excluding hydrogens is 329 g/mol. The summed E-state index contributed by atoms with van der Waals surface area (Å²) in [6.07, 6.45) is -4.99. The van der Waals surface area contributed by atoms with Crippen LogP contribution in [-0.4, -0.2) is 29.8 Å². The van der Waals surface area contributed by atoms with Gasteiger partial charge in [0.15, 0.2) is 5.41 Å². The van der Waals surface area contributed by atoms with E-state index in [9.17, 15) is 22.8 Å². The smallest absolute Gasteiger partial charge is 0.416 e. The number of carboxylic acid groups (broad SMARTS) is 1. The largest absolute Gasteiger partial charge is 0.480 e. The second kappa shape index (κ2) is 5.77. The van der Waals surface area contributed by atoms with Gasteiger partial charge in [0.2, 0.25) is 0 Å². The molecule has 2 fully saturated rings. The Morgan fingerprint density at radius 1 is 1.21 bits per heavy atom. The van der Waals surface area contributed by atoms with Gasteiger partial charge in [-0.2, -0.15) is 13.2 Å². The van der Waals surface area contributed by atoms with Crippen LogP contribution in [0.5, 0.6) is 0 Å². The van der Waals surface area contributed by atoms with Crippen LogP contribution >= 0.6 is 0 Å².